The van der Waals surface area contributed by atoms with Crippen molar-refractivity contribution in [2.75, 3.05) is 6.54 Å². The summed E-state index contributed by atoms with van der Waals surface area (Å²) in [4.78, 5) is 23.6. The minimum Gasteiger partial charge on any atom is -0.345 e. The van der Waals surface area contributed by atoms with Gasteiger partial charge in [-0.2, -0.15) is 5.21 Å². The molecular weight excluding hydrogens is 296 g/mol. The highest BCUT2D eigenvalue weighted by atomic mass is 35.5. The van der Waals surface area contributed by atoms with E-state index in [4.69, 9.17) is 11.6 Å². The van der Waals surface area contributed by atoms with Crippen LogP contribution in [0.1, 0.15) is 29.1 Å². The molecule has 2 aromatic rings. The Morgan fingerprint density at radius 1 is 1.38 bits per heavy atom. The fourth-order valence-electron chi connectivity index (χ4n) is 1.61. The Labute approximate surface area is 125 Å². The Balaban J connectivity index is 1.84. The van der Waals surface area contributed by atoms with Gasteiger partial charge in [0.25, 0.3) is 5.91 Å². The molecule has 2 rings (SSSR count). The van der Waals surface area contributed by atoms with E-state index in [0.29, 0.717) is 16.4 Å². The van der Waals surface area contributed by atoms with Crippen molar-refractivity contribution >= 4 is 23.4 Å². The number of tetrazole rings is 1. The molecule has 1 heterocycles. The second-order valence-electron chi connectivity index (χ2n) is 4.22. The first kappa shape index (κ1) is 14.9. The van der Waals surface area contributed by atoms with Gasteiger partial charge >= 0.3 is 0 Å². The van der Waals surface area contributed by atoms with Gasteiger partial charge in [0, 0.05) is 0 Å². The molecule has 0 spiro atoms. The molecule has 8 nitrogen and oxygen atoms in total. The van der Waals surface area contributed by atoms with E-state index in [1.54, 1.807) is 31.2 Å². The molecule has 21 heavy (non-hydrogen) atoms. The minimum atomic E-state index is -0.414. The average molecular weight is 309 g/mol. The molecule has 3 N–H and O–H groups in total. The van der Waals surface area contributed by atoms with Crippen LogP contribution in [-0.2, 0) is 4.79 Å². The minimum absolute atomic E-state index is 0.174. The van der Waals surface area contributed by atoms with Crippen LogP contribution in [0.4, 0.5) is 0 Å². The Kier molecular flexibility index (Phi) is 4.83. The number of H-pyrrole nitrogens is 1. The first-order chi connectivity index (χ1) is 10.1. The Morgan fingerprint density at radius 3 is 2.81 bits per heavy atom. The van der Waals surface area contributed by atoms with Crippen LogP contribution in [0.15, 0.2) is 24.3 Å². The van der Waals surface area contributed by atoms with Gasteiger partial charge in [-0.1, -0.05) is 28.9 Å². The number of hydrogen-bond acceptors (Lipinski definition) is 5. The Bertz CT molecular complexity index is 630. The predicted molar refractivity (Wildman–Crippen MR) is 74.5 cm³/mol. The lowest BCUT2D eigenvalue weighted by atomic mass is 10.2. The summed E-state index contributed by atoms with van der Waals surface area (Å²) in [6, 6.07) is 6.19. The van der Waals surface area contributed by atoms with Crippen LogP contribution in [-0.4, -0.2) is 39.0 Å². The molecule has 0 fully saturated rings. The summed E-state index contributed by atoms with van der Waals surface area (Å²) in [5, 5.41) is 18.7. The number of carbonyl (C=O) groups excluding carboxylic acids is 2. The van der Waals surface area contributed by atoms with Crippen LogP contribution in [0.3, 0.4) is 0 Å². The summed E-state index contributed by atoms with van der Waals surface area (Å²) in [6.45, 7) is 1.53. The van der Waals surface area contributed by atoms with Crippen molar-refractivity contribution in [3.05, 3.63) is 40.7 Å². The van der Waals surface area contributed by atoms with Crippen LogP contribution in [0.5, 0.6) is 0 Å². The lowest BCUT2D eigenvalue weighted by molar-refractivity contribution is -0.120. The van der Waals surface area contributed by atoms with Crippen molar-refractivity contribution in [1.82, 2.24) is 31.3 Å². The smallest absolute Gasteiger partial charge is 0.253 e. The van der Waals surface area contributed by atoms with E-state index < -0.39 is 11.9 Å². The maximum Gasteiger partial charge on any atom is 0.253 e. The summed E-state index contributed by atoms with van der Waals surface area (Å²) < 4.78 is 0. The molecule has 0 aliphatic carbocycles. The summed E-state index contributed by atoms with van der Waals surface area (Å²) in [7, 11) is 0. The zero-order valence-corrected chi connectivity index (χ0v) is 11.9. The molecule has 0 aliphatic heterocycles. The van der Waals surface area contributed by atoms with Crippen LogP contribution in [0.2, 0.25) is 5.02 Å². The highest BCUT2D eigenvalue weighted by molar-refractivity contribution is 6.33. The molecule has 110 valence electrons. The summed E-state index contributed by atoms with van der Waals surface area (Å²) in [6.07, 6.45) is 0. The lowest BCUT2D eigenvalue weighted by Gasteiger charge is -2.11. The second-order valence-corrected chi connectivity index (χ2v) is 4.63. The zero-order valence-electron chi connectivity index (χ0n) is 11.1. The maximum atomic E-state index is 11.9. The van der Waals surface area contributed by atoms with Gasteiger partial charge in [-0.05, 0) is 19.1 Å². The summed E-state index contributed by atoms with van der Waals surface area (Å²) >= 11 is 5.90. The number of amides is 2. The first-order valence-corrected chi connectivity index (χ1v) is 6.51. The van der Waals surface area contributed by atoms with Crippen LogP contribution in [0, 0.1) is 0 Å². The van der Waals surface area contributed by atoms with Gasteiger partial charge in [0.1, 0.15) is 0 Å². The molecule has 2 amide bonds. The molecule has 1 aromatic heterocycles. The van der Waals surface area contributed by atoms with Crippen molar-refractivity contribution in [2.45, 2.75) is 13.0 Å². The standard InChI is InChI=1S/C12H13ClN6O2/c1-7(11-16-18-19-17-11)15-10(20)6-14-12(21)8-4-2-3-5-9(8)13/h2-5,7H,6H2,1H3,(H,14,21)(H,15,20)(H,16,17,18,19). The largest absolute Gasteiger partial charge is 0.345 e. The quantitative estimate of drug-likeness (QED) is 0.742. The van der Waals surface area contributed by atoms with Gasteiger partial charge in [-0.3, -0.25) is 9.59 Å². The van der Waals surface area contributed by atoms with Crippen molar-refractivity contribution in [3.8, 4) is 0 Å². The van der Waals surface area contributed by atoms with E-state index in [1.165, 1.54) is 0 Å². The molecule has 9 heteroatoms. The van der Waals surface area contributed by atoms with Gasteiger partial charge in [-0.15, -0.1) is 10.2 Å². The number of aromatic amines is 1. The van der Waals surface area contributed by atoms with Gasteiger partial charge in [0.2, 0.25) is 5.91 Å². The van der Waals surface area contributed by atoms with E-state index in [1.807, 2.05) is 0 Å². The third-order valence-electron chi connectivity index (χ3n) is 2.65. The number of aromatic nitrogens is 4. The summed E-state index contributed by atoms with van der Waals surface area (Å²) in [5.41, 5.74) is 0.318. The van der Waals surface area contributed by atoms with Crippen LogP contribution in [0.25, 0.3) is 0 Å². The monoisotopic (exact) mass is 308 g/mol. The molecule has 1 aromatic carbocycles. The normalized spacial score (nSPS) is 11.7. The SMILES string of the molecule is CC(NC(=O)CNC(=O)c1ccccc1Cl)c1nn[nH]n1. The first-order valence-electron chi connectivity index (χ1n) is 6.13. The molecule has 1 unspecified atom stereocenters. The van der Waals surface area contributed by atoms with Crippen LogP contribution < -0.4 is 10.6 Å². The molecule has 0 aliphatic rings. The number of nitrogens with one attached hydrogen (secondary N) is 3. The molecule has 0 saturated carbocycles. The third kappa shape index (κ3) is 3.99. The predicted octanol–water partition coefficient (Wildman–Crippen LogP) is 0.460. The van der Waals surface area contributed by atoms with E-state index in [2.05, 4.69) is 31.3 Å². The number of nitrogens with zero attached hydrogens (tertiary/aromatic N) is 3. The van der Waals surface area contributed by atoms with Crippen molar-refractivity contribution in [2.24, 2.45) is 0 Å². The fraction of sp³-hybridized carbons (Fsp3) is 0.250. The number of benzene rings is 1. The van der Waals surface area contributed by atoms with E-state index in [-0.39, 0.29) is 12.5 Å². The van der Waals surface area contributed by atoms with Crippen LogP contribution >= 0.6 is 11.6 Å². The van der Waals surface area contributed by atoms with Gasteiger partial charge < -0.3 is 10.6 Å². The third-order valence-corrected chi connectivity index (χ3v) is 2.98. The average Bonchev–Trinajstić information content (AvgIpc) is 2.99. The van der Waals surface area contributed by atoms with Crippen molar-refractivity contribution < 1.29 is 9.59 Å². The Morgan fingerprint density at radius 2 is 2.14 bits per heavy atom. The van der Waals surface area contributed by atoms with E-state index >= 15 is 0 Å². The van der Waals surface area contributed by atoms with Gasteiger partial charge in [0.15, 0.2) is 5.82 Å². The highest BCUT2D eigenvalue weighted by Crippen LogP contribution is 2.14. The van der Waals surface area contributed by atoms with Gasteiger partial charge in [0.05, 0.1) is 23.2 Å². The number of halogens is 1. The van der Waals surface area contributed by atoms with Crippen molar-refractivity contribution in [1.29, 1.82) is 0 Å². The molecule has 1 atom stereocenters. The highest BCUT2D eigenvalue weighted by Gasteiger charge is 2.15. The topological polar surface area (TPSA) is 113 Å². The van der Waals surface area contributed by atoms with E-state index in [9.17, 15) is 9.59 Å². The van der Waals surface area contributed by atoms with Crippen molar-refractivity contribution in [3.63, 3.8) is 0 Å². The number of rotatable bonds is 5. The zero-order chi connectivity index (χ0) is 15.2. The van der Waals surface area contributed by atoms with E-state index in [0.717, 1.165) is 0 Å². The maximum absolute atomic E-state index is 11.9. The fourth-order valence-corrected chi connectivity index (χ4v) is 1.83. The summed E-state index contributed by atoms with van der Waals surface area (Å²) in [5.74, 6) is -0.420. The second kappa shape index (κ2) is 6.80. The van der Waals surface area contributed by atoms with Gasteiger partial charge in [-0.25, -0.2) is 0 Å². The molecule has 0 saturated heterocycles. The number of carbonyl (C=O) groups is 2. The molecular formula is C12H13ClN6O2. The Hall–Kier alpha value is -2.48. The molecule has 0 radical (unpaired) electrons. The molecule has 0 bridgehead atoms. The number of hydrogen-bond donors (Lipinski definition) is 3. The lowest BCUT2D eigenvalue weighted by Crippen LogP contribution is -2.38.